The molecular formula is C12H25N3O3S. The average molecular weight is 291 g/mol. The highest BCUT2D eigenvalue weighted by atomic mass is 32.2. The summed E-state index contributed by atoms with van der Waals surface area (Å²) in [6.07, 6.45) is 3.02. The Kier molecular flexibility index (Phi) is 5.19. The second-order valence-electron chi connectivity index (χ2n) is 5.47. The van der Waals surface area contributed by atoms with E-state index in [0.717, 1.165) is 45.4 Å². The van der Waals surface area contributed by atoms with Crippen LogP contribution in [0.25, 0.3) is 0 Å². The van der Waals surface area contributed by atoms with Gasteiger partial charge in [0, 0.05) is 46.4 Å². The zero-order valence-electron chi connectivity index (χ0n) is 11.7. The molecule has 112 valence electrons. The predicted octanol–water partition coefficient (Wildman–Crippen LogP) is -0.620. The van der Waals surface area contributed by atoms with Crippen LogP contribution in [0.15, 0.2) is 0 Å². The van der Waals surface area contributed by atoms with Crippen LogP contribution in [0.1, 0.15) is 19.3 Å². The summed E-state index contributed by atoms with van der Waals surface area (Å²) in [7, 11) is -1.53. The van der Waals surface area contributed by atoms with Crippen LogP contribution in [-0.4, -0.2) is 71.0 Å². The summed E-state index contributed by atoms with van der Waals surface area (Å²) in [5, 5.41) is 3.26. The van der Waals surface area contributed by atoms with Crippen molar-refractivity contribution in [3.05, 3.63) is 0 Å². The van der Waals surface area contributed by atoms with Crippen molar-refractivity contribution in [2.24, 2.45) is 0 Å². The molecule has 1 saturated carbocycles. The lowest BCUT2D eigenvalue weighted by Gasteiger charge is -2.40. The zero-order valence-corrected chi connectivity index (χ0v) is 12.5. The number of sulfonamides is 1. The molecule has 0 aromatic rings. The summed E-state index contributed by atoms with van der Waals surface area (Å²) in [6, 6.07) is 0. The summed E-state index contributed by atoms with van der Waals surface area (Å²) in [5.74, 6) is 0.173. The first kappa shape index (κ1) is 15.2. The van der Waals surface area contributed by atoms with E-state index in [4.69, 9.17) is 4.74 Å². The van der Waals surface area contributed by atoms with Crippen LogP contribution < -0.4 is 10.0 Å². The maximum Gasteiger partial charge on any atom is 0.212 e. The van der Waals surface area contributed by atoms with Crippen LogP contribution in [-0.2, 0) is 14.8 Å². The van der Waals surface area contributed by atoms with Crippen molar-refractivity contribution in [2.45, 2.75) is 24.9 Å². The van der Waals surface area contributed by atoms with Gasteiger partial charge >= 0.3 is 0 Å². The van der Waals surface area contributed by atoms with Gasteiger partial charge in [0.2, 0.25) is 10.0 Å². The molecule has 6 nitrogen and oxygen atoms in total. The van der Waals surface area contributed by atoms with E-state index in [9.17, 15) is 8.42 Å². The standard InChI is InChI=1S/C12H25N3O3S/c1-18-12(3-2-4-12)11-14-19(16,17)10-9-15-7-5-13-6-8-15/h13-14H,2-11H2,1H3. The van der Waals surface area contributed by atoms with Crippen LogP contribution in [0.2, 0.25) is 0 Å². The number of piperazine rings is 1. The summed E-state index contributed by atoms with van der Waals surface area (Å²) in [4.78, 5) is 2.19. The molecule has 1 aliphatic carbocycles. The van der Waals surface area contributed by atoms with Gasteiger partial charge in [-0.3, -0.25) is 4.90 Å². The summed E-state index contributed by atoms with van der Waals surface area (Å²) < 4.78 is 32.0. The van der Waals surface area contributed by atoms with Crippen molar-refractivity contribution in [3.8, 4) is 0 Å². The third-order valence-electron chi connectivity index (χ3n) is 4.20. The Morgan fingerprint density at radius 1 is 1.32 bits per heavy atom. The molecule has 0 atom stereocenters. The molecule has 2 fully saturated rings. The van der Waals surface area contributed by atoms with Crippen molar-refractivity contribution in [1.82, 2.24) is 14.9 Å². The van der Waals surface area contributed by atoms with Gasteiger partial charge in [0.1, 0.15) is 0 Å². The minimum atomic E-state index is -3.19. The van der Waals surface area contributed by atoms with Crippen LogP contribution in [0.5, 0.6) is 0 Å². The molecule has 2 rings (SSSR count). The van der Waals surface area contributed by atoms with Gasteiger partial charge in [-0.1, -0.05) is 0 Å². The third kappa shape index (κ3) is 4.39. The molecule has 2 aliphatic rings. The lowest BCUT2D eigenvalue weighted by molar-refractivity contribution is -0.0659. The second-order valence-corrected chi connectivity index (χ2v) is 7.40. The summed E-state index contributed by atoms with van der Waals surface area (Å²) >= 11 is 0. The van der Waals surface area contributed by atoms with Crippen LogP contribution >= 0.6 is 0 Å². The van der Waals surface area contributed by atoms with E-state index in [-0.39, 0.29) is 11.4 Å². The second kappa shape index (κ2) is 6.49. The van der Waals surface area contributed by atoms with E-state index in [0.29, 0.717) is 13.1 Å². The predicted molar refractivity (Wildman–Crippen MR) is 74.7 cm³/mol. The number of ether oxygens (including phenoxy) is 1. The molecule has 1 aliphatic heterocycles. The van der Waals surface area contributed by atoms with E-state index in [1.54, 1.807) is 7.11 Å². The number of hydrogen-bond acceptors (Lipinski definition) is 5. The smallest absolute Gasteiger partial charge is 0.212 e. The van der Waals surface area contributed by atoms with Gasteiger partial charge in [-0.05, 0) is 19.3 Å². The monoisotopic (exact) mass is 291 g/mol. The molecule has 0 amide bonds. The van der Waals surface area contributed by atoms with Gasteiger partial charge in [-0.25, -0.2) is 13.1 Å². The quantitative estimate of drug-likeness (QED) is 0.654. The largest absolute Gasteiger partial charge is 0.377 e. The third-order valence-corrected chi connectivity index (χ3v) is 5.50. The molecule has 0 aromatic heterocycles. The molecule has 2 N–H and O–H groups in total. The lowest BCUT2D eigenvalue weighted by atomic mass is 9.80. The molecule has 7 heteroatoms. The average Bonchev–Trinajstić information content (AvgIpc) is 2.37. The SMILES string of the molecule is COC1(CNS(=O)(=O)CCN2CCNCC2)CCC1. The Bertz CT molecular complexity index is 370. The first-order valence-electron chi connectivity index (χ1n) is 7.01. The highest BCUT2D eigenvalue weighted by Crippen LogP contribution is 2.34. The van der Waals surface area contributed by atoms with Gasteiger partial charge in [0.05, 0.1) is 11.4 Å². The van der Waals surface area contributed by atoms with Crippen LogP contribution in [0, 0.1) is 0 Å². The Labute approximate surface area is 115 Å². The van der Waals surface area contributed by atoms with Crippen molar-refractivity contribution < 1.29 is 13.2 Å². The molecule has 19 heavy (non-hydrogen) atoms. The number of hydrogen-bond donors (Lipinski definition) is 2. The normalized spacial score (nSPS) is 24.1. The van der Waals surface area contributed by atoms with Crippen LogP contribution in [0.4, 0.5) is 0 Å². The van der Waals surface area contributed by atoms with Crippen molar-refractivity contribution in [1.29, 1.82) is 0 Å². The molecule has 0 radical (unpaired) electrons. The number of nitrogens with one attached hydrogen (secondary N) is 2. The van der Waals surface area contributed by atoms with E-state index in [2.05, 4.69) is 14.9 Å². The summed E-state index contributed by atoms with van der Waals surface area (Å²) in [6.45, 7) is 4.76. The van der Waals surface area contributed by atoms with Crippen LogP contribution in [0.3, 0.4) is 0 Å². The number of rotatable bonds is 7. The van der Waals surface area contributed by atoms with Gasteiger partial charge in [0.25, 0.3) is 0 Å². The van der Waals surface area contributed by atoms with Gasteiger partial charge in [-0.2, -0.15) is 0 Å². The lowest BCUT2D eigenvalue weighted by Crippen LogP contribution is -2.50. The number of nitrogens with zero attached hydrogens (tertiary/aromatic N) is 1. The molecule has 1 heterocycles. The molecule has 0 spiro atoms. The molecule has 0 unspecified atom stereocenters. The Balaban J connectivity index is 1.72. The fraction of sp³-hybridized carbons (Fsp3) is 1.00. The highest BCUT2D eigenvalue weighted by molar-refractivity contribution is 7.89. The topological polar surface area (TPSA) is 70.7 Å². The minimum absolute atomic E-state index is 0.173. The Morgan fingerprint density at radius 2 is 2.00 bits per heavy atom. The molecule has 1 saturated heterocycles. The fourth-order valence-corrected chi connectivity index (χ4v) is 3.65. The first-order chi connectivity index (χ1) is 9.05. The molecular weight excluding hydrogens is 266 g/mol. The summed E-state index contributed by atoms with van der Waals surface area (Å²) in [5.41, 5.74) is -0.248. The van der Waals surface area contributed by atoms with Crippen molar-refractivity contribution >= 4 is 10.0 Å². The Hall–Kier alpha value is -0.210. The van der Waals surface area contributed by atoms with E-state index >= 15 is 0 Å². The molecule has 0 bridgehead atoms. The van der Waals surface area contributed by atoms with Crippen molar-refractivity contribution in [3.63, 3.8) is 0 Å². The maximum atomic E-state index is 12.0. The van der Waals surface area contributed by atoms with Gasteiger partial charge < -0.3 is 10.1 Å². The minimum Gasteiger partial charge on any atom is -0.377 e. The zero-order chi connectivity index (χ0) is 13.8. The first-order valence-corrected chi connectivity index (χ1v) is 8.66. The van der Waals surface area contributed by atoms with E-state index < -0.39 is 10.0 Å². The van der Waals surface area contributed by atoms with E-state index in [1.165, 1.54) is 0 Å². The Morgan fingerprint density at radius 3 is 2.53 bits per heavy atom. The van der Waals surface area contributed by atoms with Gasteiger partial charge in [0.15, 0.2) is 0 Å². The number of methoxy groups -OCH3 is 1. The van der Waals surface area contributed by atoms with E-state index in [1.807, 2.05) is 0 Å². The molecule has 0 aromatic carbocycles. The fourth-order valence-electron chi connectivity index (χ4n) is 2.52. The highest BCUT2D eigenvalue weighted by Gasteiger charge is 2.37. The van der Waals surface area contributed by atoms with Crippen molar-refractivity contribution in [2.75, 3.05) is 52.1 Å². The van der Waals surface area contributed by atoms with Gasteiger partial charge in [-0.15, -0.1) is 0 Å². The maximum absolute atomic E-state index is 12.0.